The highest BCUT2D eigenvalue weighted by Gasteiger charge is 2.18. The Labute approximate surface area is 179 Å². The van der Waals surface area contributed by atoms with Gasteiger partial charge in [0.05, 0.1) is 11.4 Å². The molecule has 8 nitrogen and oxygen atoms in total. The maximum atomic E-state index is 12.2. The fourth-order valence-corrected chi connectivity index (χ4v) is 2.81. The Morgan fingerprint density at radius 3 is 2.42 bits per heavy atom. The summed E-state index contributed by atoms with van der Waals surface area (Å²) in [5.41, 5.74) is 9.16. The van der Waals surface area contributed by atoms with Crippen LogP contribution in [0.15, 0.2) is 66.9 Å². The number of primary amides is 1. The van der Waals surface area contributed by atoms with Crippen molar-refractivity contribution in [2.45, 2.75) is 20.0 Å². The first kappa shape index (κ1) is 21.5. The van der Waals surface area contributed by atoms with Gasteiger partial charge in [-0.25, -0.2) is 14.3 Å². The molecule has 31 heavy (non-hydrogen) atoms. The number of carbonyl (C=O) groups is 3. The van der Waals surface area contributed by atoms with Gasteiger partial charge in [-0.2, -0.15) is 5.10 Å². The molecule has 1 atom stereocenters. The van der Waals surface area contributed by atoms with Gasteiger partial charge in [0.25, 0.3) is 5.91 Å². The third kappa shape index (κ3) is 5.66. The lowest BCUT2D eigenvalue weighted by Gasteiger charge is -2.10. The molecular formula is C23H22N4O4. The van der Waals surface area contributed by atoms with Gasteiger partial charge >= 0.3 is 12.0 Å². The maximum Gasteiger partial charge on any atom is 0.331 e. The smallest absolute Gasteiger partial charge is 0.331 e. The van der Waals surface area contributed by atoms with Gasteiger partial charge < -0.3 is 10.5 Å². The number of aromatic nitrogens is 2. The predicted molar refractivity (Wildman–Crippen MR) is 116 cm³/mol. The van der Waals surface area contributed by atoms with Gasteiger partial charge in [-0.3, -0.25) is 10.1 Å². The second-order valence-corrected chi connectivity index (χ2v) is 6.85. The van der Waals surface area contributed by atoms with E-state index in [1.807, 2.05) is 66.8 Å². The summed E-state index contributed by atoms with van der Waals surface area (Å²) in [4.78, 5) is 34.6. The quantitative estimate of drug-likeness (QED) is 0.472. The summed E-state index contributed by atoms with van der Waals surface area (Å²) in [6, 6.07) is 16.5. The van der Waals surface area contributed by atoms with Crippen LogP contribution in [0.2, 0.25) is 0 Å². The standard InChI is InChI=1S/C23H22N4O4/c1-15-8-10-17(11-9-15)21-18(14-27(26-21)19-6-4-3-5-7-19)12-13-20(28)31-16(2)22(29)25-23(24)30/h3-14,16H,1-2H3,(H3,24,25,29,30)/b13-12+/t16-/m0/s1. The number of rotatable bonds is 6. The van der Waals surface area contributed by atoms with Crippen LogP contribution in [0.25, 0.3) is 23.0 Å². The molecule has 1 aromatic heterocycles. The summed E-state index contributed by atoms with van der Waals surface area (Å²) in [6.07, 6.45) is 3.41. The zero-order valence-electron chi connectivity index (χ0n) is 17.1. The average molecular weight is 418 g/mol. The van der Waals surface area contributed by atoms with Crippen LogP contribution >= 0.6 is 0 Å². The number of urea groups is 1. The third-order valence-electron chi connectivity index (χ3n) is 4.40. The molecular weight excluding hydrogens is 396 g/mol. The molecule has 0 spiro atoms. The largest absolute Gasteiger partial charge is 0.449 e. The number of nitrogens with two attached hydrogens (primary N) is 1. The number of ether oxygens (including phenoxy) is 1. The van der Waals surface area contributed by atoms with E-state index in [2.05, 4.69) is 5.10 Å². The highest BCUT2D eigenvalue weighted by atomic mass is 16.5. The van der Waals surface area contributed by atoms with Crippen LogP contribution in [-0.4, -0.2) is 33.8 Å². The lowest BCUT2D eigenvalue weighted by atomic mass is 10.1. The second-order valence-electron chi connectivity index (χ2n) is 6.85. The number of imide groups is 1. The van der Waals surface area contributed by atoms with E-state index in [0.29, 0.717) is 11.3 Å². The van der Waals surface area contributed by atoms with Crippen LogP contribution in [0, 0.1) is 6.92 Å². The van der Waals surface area contributed by atoms with Crippen molar-refractivity contribution in [3.8, 4) is 16.9 Å². The Kier molecular flexibility index (Phi) is 6.61. The van der Waals surface area contributed by atoms with Crippen molar-refractivity contribution in [1.82, 2.24) is 15.1 Å². The van der Waals surface area contributed by atoms with Gasteiger partial charge in [-0.05, 0) is 32.1 Å². The summed E-state index contributed by atoms with van der Waals surface area (Å²) < 4.78 is 6.74. The zero-order chi connectivity index (χ0) is 22.4. The van der Waals surface area contributed by atoms with E-state index in [4.69, 9.17) is 10.5 Å². The molecule has 0 aliphatic rings. The fourth-order valence-electron chi connectivity index (χ4n) is 2.81. The SMILES string of the molecule is Cc1ccc(-c2nn(-c3ccccc3)cc2/C=C/C(=O)O[C@@H](C)C(=O)NC(N)=O)cc1. The molecule has 3 N–H and O–H groups in total. The van der Waals surface area contributed by atoms with E-state index in [0.717, 1.165) is 16.8 Å². The Bertz CT molecular complexity index is 1120. The minimum atomic E-state index is -1.17. The lowest BCUT2D eigenvalue weighted by molar-refractivity contribution is -0.149. The van der Waals surface area contributed by atoms with Crippen LogP contribution in [0.3, 0.4) is 0 Å². The third-order valence-corrected chi connectivity index (χ3v) is 4.40. The van der Waals surface area contributed by atoms with Gasteiger partial charge in [0.1, 0.15) is 0 Å². The van der Waals surface area contributed by atoms with Crippen molar-refractivity contribution in [3.63, 3.8) is 0 Å². The number of para-hydroxylation sites is 1. The van der Waals surface area contributed by atoms with E-state index < -0.39 is 24.0 Å². The molecule has 158 valence electrons. The minimum Gasteiger partial charge on any atom is -0.449 e. The number of hydrogen-bond acceptors (Lipinski definition) is 5. The molecule has 8 heteroatoms. The second kappa shape index (κ2) is 9.53. The van der Waals surface area contributed by atoms with E-state index in [-0.39, 0.29) is 0 Å². The highest BCUT2D eigenvalue weighted by Crippen LogP contribution is 2.25. The average Bonchev–Trinajstić information content (AvgIpc) is 3.17. The monoisotopic (exact) mass is 418 g/mol. The summed E-state index contributed by atoms with van der Waals surface area (Å²) >= 11 is 0. The van der Waals surface area contributed by atoms with Gasteiger partial charge in [0, 0.05) is 23.4 Å². The molecule has 3 amide bonds. The molecule has 0 saturated heterocycles. The number of nitrogens with zero attached hydrogens (tertiary/aromatic N) is 2. The van der Waals surface area contributed by atoms with E-state index in [1.54, 1.807) is 17.0 Å². The van der Waals surface area contributed by atoms with E-state index >= 15 is 0 Å². The summed E-state index contributed by atoms with van der Waals surface area (Å²) in [6.45, 7) is 3.34. The van der Waals surface area contributed by atoms with Crippen molar-refractivity contribution in [3.05, 3.63) is 78.0 Å². The minimum absolute atomic E-state index is 0.687. The molecule has 3 rings (SSSR count). The highest BCUT2D eigenvalue weighted by molar-refractivity contribution is 5.97. The fraction of sp³-hybridized carbons (Fsp3) is 0.130. The molecule has 0 bridgehead atoms. The van der Waals surface area contributed by atoms with Crippen LogP contribution in [0.4, 0.5) is 4.79 Å². The van der Waals surface area contributed by atoms with E-state index in [9.17, 15) is 14.4 Å². The molecule has 0 fully saturated rings. The van der Waals surface area contributed by atoms with Gasteiger partial charge in [-0.1, -0.05) is 48.0 Å². The molecule has 3 aromatic rings. The number of hydrogen-bond donors (Lipinski definition) is 2. The van der Waals surface area contributed by atoms with Gasteiger partial charge in [0.2, 0.25) is 0 Å². The predicted octanol–water partition coefficient (Wildman–Crippen LogP) is 2.99. The van der Waals surface area contributed by atoms with E-state index in [1.165, 1.54) is 13.0 Å². The van der Waals surface area contributed by atoms with Crippen LogP contribution < -0.4 is 11.1 Å². The summed E-state index contributed by atoms with van der Waals surface area (Å²) in [5, 5.41) is 6.54. The summed E-state index contributed by atoms with van der Waals surface area (Å²) in [5.74, 6) is -1.54. The lowest BCUT2D eigenvalue weighted by Crippen LogP contribution is -2.42. The number of nitrogens with one attached hydrogen (secondary N) is 1. The molecule has 0 unspecified atom stereocenters. The van der Waals surface area contributed by atoms with Crippen molar-refractivity contribution in [2.75, 3.05) is 0 Å². The number of aryl methyl sites for hydroxylation is 1. The van der Waals surface area contributed by atoms with Crippen molar-refractivity contribution >= 4 is 24.0 Å². The van der Waals surface area contributed by atoms with Gasteiger partial charge in [-0.15, -0.1) is 0 Å². The van der Waals surface area contributed by atoms with Crippen LogP contribution in [0.1, 0.15) is 18.1 Å². The normalized spacial score (nSPS) is 11.8. The Morgan fingerprint density at radius 1 is 1.10 bits per heavy atom. The van der Waals surface area contributed by atoms with Crippen LogP contribution in [0.5, 0.6) is 0 Å². The number of benzene rings is 2. The molecule has 0 radical (unpaired) electrons. The Balaban J connectivity index is 1.86. The molecule has 0 aliphatic carbocycles. The van der Waals surface area contributed by atoms with Gasteiger partial charge in [0.15, 0.2) is 6.10 Å². The topological polar surface area (TPSA) is 116 Å². The molecule has 0 aliphatic heterocycles. The zero-order valence-corrected chi connectivity index (χ0v) is 17.1. The van der Waals surface area contributed by atoms with Crippen molar-refractivity contribution in [2.24, 2.45) is 5.73 Å². The first-order valence-electron chi connectivity index (χ1n) is 9.54. The Morgan fingerprint density at radius 2 is 1.77 bits per heavy atom. The first-order chi connectivity index (χ1) is 14.8. The molecule has 0 saturated carbocycles. The Hall–Kier alpha value is -4.20. The summed E-state index contributed by atoms with van der Waals surface area (Å²) in [7, 11) is 0. The first-order valence-corrected chi connectivity index (χ1v) is 9.54. The maximum absolute atomic E-state index is 12.2. The van der Waals surface area contributed by atoms with Crippen molar-refractivity contribution in [1.29, 1.82) is 0 Å². The van der Waals surface area contributed by atoms with Crippen LogP contribution in [-0.2, 0) is 14.3 Å². The molecule has 1 heterocycles. The van der Waals surface area contributed by atoms with Crippen molar-refractivity contribution < 1.29 is 19.1 Å². The number of esters is 1. The number of carbonyl (C=O) groups excluding carboxylic acids is 3. The number of amides is 3. The molecule has 2 aromatic carbocycles.